The summed E-state index contributed by atoms with van der Waals surface area (Å²) in [4.78, 5) is 22.5. The van der Waals surface area contributed by atoms with Gasteiger partial charge < -0.3 is 9.88 Å². The summed E-state index contributed by atoms with van der Waals surface area (Å²) in [7, 11) is 0. The molecular formula is C21H21N3O. The number of hydrogen-bond acceptors (Lipinski definition) is 2. The monoisotopic (exact) mass is 331 g/mol. The lowest BCUT2D eigenvalue weighted by molar-refractivity contribution is -0.131. The molecule has 1 amide bonds. The molecule has 0 radical (unpaired) electrons. The lowest BCUT2D eigenvalue weighted by Crippen LogP contribution is -2.39. The minimum atomic E-state index is 0.123. The Hall–Kier alpha value is -2.88. The highest BCUT2D eigenvalue weighted by atomic mass is 16.2. The molecule has 1 unspecified atom stereocenters. The summed E-state index contributed by atoms with van der Waals surface area (Å²) >= 11 is 0. The number of aromatic amines is 1. The molecule has 0 saturated carbocycles. The molecule has 1 N–H and O–H groups in total. The van der Waals surface area contributed by atoms with E-state index in [4.69, 9.17) is 0 Å². The molecular weight excluding hydrogens is 310 g/mol. The van der Waals surface area contributed by atoms with Gasteiger partial charge >= 0.3 is 0 Å². The van der Waals surface area contributed by atoms with Gasteiger partial charge in [0, 0.05) is 12.5 Å². The van der Waals surface area contributed by atoms with Gasteiger partial charge in [-0.05, 0) is 18.1 Å². The summed E-state index contributed by atoms with van der Waals surface area (Å²) in [5, 5.41) is 0. The van der Waals surface area contributed by atoms with E-state index in [1.165, 1.54) is 11.1 Å². The molecule has 0 bridgehead atoms. The number of hydrogen-bond donors (Lipinski definition) is 1. The van der Waals surface area contributed by atoms with Gasteiger partial charge in [0.15, 0.2) is 0 Å². The van der Waals surface area contributed by atoms with Gasteiger partial charge in [0.2, 0.25) is 5.91 Å². The molecule has 25 heavy (non-hydrogen) atoms. The Morgan fingerprint density at radius 2 is 2.04 bits per heavy atom. The van der Waals surface area contributed by atoms with Crippen molar-refractivity contribution >= 4 is 5.91 Å². The first-order chi connectivity index (χ1) is 12.2. The zero-order valence-electron chi connectivity index (χ0n) is 14.3. The Morgan fingerprint density at radius 1 is 1.20 bits per heavy atom. The molecule has 1 atom stereocenters. The first kappa shape index (κ1) is 15.6. The standard InChI is InChI=1S/C21H21N3O/c1-15-6-5-7-16(10-15)11-20(25)24-12-18(17-8-3-2-4-9-17)21-19(13-24)22-14-23-21/h2-10,14,18H,11-13H2,1H3,(H,22,23). The summed E-state index contributed by atoms with van der Waals surface area (Å²) < 4.78 is 0. The van der Waals surface area contributed by atoms with Gasteiger partial charge in [-0.15, -0.1) is 0 Å². The van der Waals surface area contributed by atoms with Crippen LogP contribution in [0, 0.1) is 6.92 Å². The quantitative estimate of drug-likeness (QED) is 0.799. The number of carbonyl (C=O) groups excluding carboxylic acids is 1. The van der Waals surface area contributed by atoms with Gasteiger partial charge in [0.25, 0.3) is 0 Å². The van der Waals surface area contributed by atoms with Gasteiger partial charge in [-0.3, -0.25) is 4.79 Å². The third-order valence-electron chi connectivity index (χ3n) is 4.83. The molecule has 2 heterocycles. The van der Waals surface area contributed by atoms with E-state index < -0.39 is 0 Å². The molecule has 2 aromatic carbocycles. The maximum Gasteiger partial charge on any atom is 0.227 e. The summed E-state index contributed by atoms with van der Waals surface area (Å²) in [6.45, 7) is 3.33. The number of rotatable bonds is 3. The van der Waals surface area contributed by atoms with Gasteiger partial charge in [-0.25, -0.2) is 4.98 Å². The van der Waals surface area contributed by atoms with E-state index in [1.807, 2.05) is 35.2 Å². The highest BCUT2D eigenvalue weighted by molar-refractivity contribution is 5.79. The largest absolute Gasteiger partial charge is 0.347 e. The van der Waals surface area contributed by atoms with Crippen LogP contribution in [0.1, 0.15) is 34.0 Å². The van der Waals surface area contributed by atoms with Crippen molar-refractivity contribution in [3.8, 4) is 0 Å². The van der Waals surface area contributed by atoms with Crippen LogP contribution in [0.5, 0.6) is 0 Å². The second kappa shape index (κ2) is 6.55. The first-order valence-electron chi connectivity index (χ1n) is 8.61. The van der Waals surface area contributed by atoms with Crippen molar-refractivity contribution in [1.29, 1.82) is 0 Å². The average Bonchev–Trinajstić information content (AvgIpc) is 3.10. The lowest BCUT2D eigenvalue weighted by atomic mass is 9.90. The van der Waals surface area contributed by atoms with Crippen molar-refractivity contribution < 1.29 is 4.79 Å². The van der Waals surface area contributed by atoms with E-state index in [0.717, 1.165) is 17.0 Å². The van der Waals surface area contributed by atoms with Gasteiger partial charge in [-0.2, -0.15) is 0 Å². The molecule has 4 heteroatoms. The number of aryl methyl sites for hydroxylation is 1. The van der Waals surface area contributed by atoms with Gasteiger partial charge in [0.1, 0.15) is 0 Å². The number of carbonyl (C=O) groups is 1. The van der Waals surface area contributed by atoms with Crippen LogP contribution in [0.15, 0.2) is 60.9 Å². The van der Waals surface area contributed by atoms with Crippen LogP contribution in [0.4, 0.5) is 0 Å². The van der Waals surface area contributed by atoms with Crippen LogP contribution in [0.2, 0.25) is 0 Å². The highest BCUT2D eigenvalue weighted by Crippen LogP contribution is 2.31. The van der Waals surface area contributed by atoms with Crippen molar-refractivity contribution in [1.82, 2.24) is 14.9 Å². The van der Waals surface area contributed by atoms with Crippen molar-refractivity contribution in [3.05, 3.63) is 89.0 Å². The summed E-state index contributed by atoms with van der Waals surface area (Å²) in [5.41, 5.74) is 5.55. The maximum atomic E-state index is 12.9. The number of nitrogens with one attached hydrogen (secondary N) is 1. The number of H-pyrrole nitrogens is 1. The minimum absolute atomic E-state index is 0.123. The Kier molecular flexibility index (Phi) is 4.10. The number of nitrogens with zero attached hydrogens (tertiary/aromatic N) is 2. The summed E-state index contributed by atoms with van der Waals surface area (Å²) in [6, 6.07) is 18.5. The van der Waals surface area contributed by atoms with E-state index in [-0.39, 0.29) is 11.8 Å². The zero-order valence-corrected chi connectivity index (χ0v) is 14.3. The first-order valence-corrected chi connectivity index (χ1v) is 8.61. The fourth-order valence-corrected chi connectivity index (χ4v) is 3.57. The molecule has 1 aromatic heterocycles. The Labute approximate surface area is 147 Å². The number of amides is 1. The Morgan fingerprint density at radius 3 is 2.84 bits per heavy atom. The normalized spacial score (nSPS) is 16.5. The fraction of sp³-hybridized carbons (Fsp3) is 0.238. The van der Waals surface area contributed by atoms with E-state index in [0.29, 0.717) is 19.5 Å². The van der Waals surface area contributed by atoms with Crippen LogP contribution in [0.3, 0.4) is 0 Å². The second-order valence-electron chi connectivity index (χ2n) is 6.67. The van der Waals surface area contributed by atoms with E-state index in [9.17, 15) is 4.79 Å². The van der Waals surface area contributed by atoms with Crippen LogP contribution >= 0.6 is 0 Å². The van der Waals surface area contributed by atoms with Crippen molar-refractivity contribution in [2.45, 2.75) is 25.8 Å². The summed E-state index contributed by atoms with van der Waals surface area (Å²) in [6.07, 6.45) is 2.17. The average molecular weight is 331 g/mol. The van der Waals surface area contributed by atoms with Crippen LogP contribution < -0.4 is 0 Å². The maximum absolute atomic E-state index is 12.9. The predicted octanol–water partition coefficient (Wildman–Crippen LogP) is 3.43. The third kappa shape index (κ3) is 3.20. The smallest absolute Gasteiger partial charge is 0.227 e. The zero-order chi connectivity index (χ0) is 17.2. The number of aromatic nitrogens is 2. The van der Waals surface area contributed by atoms with Gasteiger partial charge in [-0.1, -0.05) is 60.2 Å². The fourth-order valence-electron chi connectivity index (χ4n) is 3.57. The molecule has 4 rings (SSSR count). The molecule has 0 aliphatic carbocycles. The SMILES string of the molecule is Cc1cccc(CC(=O)N2Cc3[nH]cnc3C(c3ccccc3)C2)c1. The second-order valence-corrected chi connectivity index (χ2v) is 6.67. The third-order valence-corrected chi connectivity index (χ3v) is 4.83. The van der Waals surface area contributed by atoms with Gasteiger partial charge in [0.05, 0.1) is 30.7 Å². The van der Waals surface area contributed by atoms with E-state index >= 15 is 0 Å². The lowest BCUT2D eigenvalue weighted by Gasteiger charge is -2.32. The van der Waals surface area contributed by atoms with Crippen molar-refractivity contribution in [2.24, 2.45) is 0 Å². The Balaban J connectivity index is 1.58. The number of fused-ring (bicyclic) bond motifs is 1. The van der Waals surface area contributed by atoms with E-state index in [1.54, 1.807) is 6.33 Å². The molecule has 1 aliphatic heterocycles. The Bertz CT molecular complexity index is 885. The summed E-state index contributed by atoms with van der Waals surface area (Å²) in [5.74, 6) is 0.282. The molecule has 0 spiro atoms. The molecule has 3 aromatic rings. The molecule has 126 valence electrons. The van der Waals surface area contributed by atoms with Crippen molar-refractivity contribution in [2.75, 3.05) is 6.54 Å². The van der Waals surface area contributed by atoms with Crippen molar-refractivity contribution in [3.63, 3.8) is 0 Å². The number of benzene rings is 2. The van der Waals surface area contributed by atoms with Crippen LogP contribution in [0.25, 0.3) is 0 Å². The minimum Gasteiger partial charge on any atom is -0.347 e. The highest BCUT2D eigenvalue weighted by Gasteiger charge is 2.31. The predicted molar refractivity (Wildman–Crippen MR) is 97.2 cm³/mol. The molecule has 4 nitrogen and oxygen atoms in total. The van der Waals surface area contributed by atoms with E-state index in [2.05, 4.69) is 41.2 Å². The molecule has 0 fully saturated rings. The van der Waals surface area contributed by atoms with Crippen LogP contribution in [-0.2, 0) is 17.8 Å². The van der Waals surface area contributed by atoms with Crippen LogP contribution in [-0.4, -0.2) is 27.3 Å². The number of imidazole rings is 1. The topological polar surface area (TPSA) is 49.0 Å². The molecule has 0 saturated heterocycles. The molecule has 1 aliphatic rings.